The predicted molar refractivity (Wildman–Crippen MR) is 97.1 cm³/mol. The molecule has 0 atom stereocenters. The summed E-state index contributed by atoms with van der Waals surface area (Å²) >= 11 is 1.17. The first kappa shape index (κ1) is 18.2. The first-order chi connectivity index (χ1) is 12.6. The molecule has 9 nitrogen and oxygen atoms in total. The van der Waals surface area contributed by atoms with E-state index in [0.717, 1.165) is 32.0 Å². The molecule has 1 saturated heterocycles. The number of hydrogen-bond acceptors (Lipinski definition) is 9. The summed E-state index contributed by atoms with van der Waals surface area (Å²) in [5.74, 6) is 0.436. The number of amides is 1. The Labute approximate surface area is 155 Å². The lowest BCUT2D eigenvalue weighted by molar-refractivity contribution is -0.139. The zero-order valence-corrected chi connectivity index (χ0v) is 15.2. The molecule has 2 aromatic rings. The number of carbonyl (C=O) groups excluding carboxylic acids is 2. The molecule has 1 aliphatic rings. The number of ether oxygens (including phenoxy) is 1. The highest BCUT2D eigenvalue weighted by Gasteiger charge is 2.20. The normalized spacial score (nSPS) is 14.9. The Morgan fingerprint density at radius 2 is 2.04 bits per heavy atom. The lowest BCUT2D eigenvalue weighted by Crippen LogP contribution is -2.48. The third-order valence-electron chi connectivity index (χ3n) is 3.95. The summed E-state index contributed by atoms with van der Waals surface area (Å²) in [6.07, 6.45) is 1.84. The number of piperazine rings is 1. The van der Waals surface area contributed by atoms with Crippen molar-refractivity contribution in [1.82, 2.24) is 20.1 Å². The van der Waals surface area contributed by atoms with E-state index in [4.69, 9.17) is 0 Å². The predicted octanol–water partition coefficient (Wildman–Crippen LogP) is 0.409. The number of pyridine rings is 1. The van der Waals surface area contributed by atoms with E-state index in [-0.39, 0.29) is 18.3 Å². The number of hydrogen-bond donors (Lipinski definition) is 1. The second-order valence-electron chi connectivity index (χ2n) is 5.75. The van der Waals surface area contributed by atoms with Crippen molar-refractivity contribution >= 4 is 34.2 Å². The van der Waals surface area contributed by atoms with Gasteiger partial charge in [0.05, 0.1) is 20.1 Å². The maximum Gasteiger partial charge on any atom is 0.312 e. The van der Waals surface area contributed by atoms with Gasteiger partial charge in [0.25, 0.3) is 0 Å². The van der Waals surface area contributed by atoms with Gasteiger partial charge in [-0.1, -0.05) is 17.4 Å². The van der Waals surface area contributed by atoms with Gasteiger partial charge in [0.1, 0.15) is 10.8 Å². The quantitative estimate of drug-likeness (QED) is 0.724. The summed E-state index contributed by atoms with van der Waals surface area (Å²) in [4.78, 5) is 32.1. The van der Waals surface area contributed by atoms with Crippen LogP contribution in [0.1, 0.15) is 5.01 Å². The van der Waals surface area contributed by atoms with Gasteiger partial charge in [-0.15, -0.1) is 10.2 Å². The van der Waals surface area contributed by atoms with E-state index in [9.17, 15) is 9.59 Å². The van der Waals surface area contributed by atoms with Gasteiger partial charge in [-0.05, 0) is 12.1 Å². The van der Waals surface area contributed by atoms with Crippen LogP contribution in [0.25, 0.3) is 0 Å². The highest BCUT2D eigenvalue weighted by molar-refractivity contribution is 7.15. The van der Waals surface area contributed by atoms with E-state index in [1.807, 2.05) is 18.2 Å². The molecule has 0 aromatic carbocycles. The highest BCUT2D eigenvalue weighted by Crippen LogP contribution is 2.16. The fourth-order valence-corrected chi connectivity index (χ4v) is 3.35. The van der Waals surface area contributed by atoms with Crippen molar-refractivity contribution in [3.05, 3.63) is 29.4 Å². The fraction of sp³-hybridized carbons (Fsp3) is 0.438. The summed E-state index contributed by atoms with van der Waals surface area (Å²) in [6.45, 7) is 3.52. The molecule has 138 valence electrons. The molecule has 26 heavy (non-hydrogen) atoms. The van der Waals surface area contributed by atoms with E-state index in [0.29, 0.717) is 16.7 Å². The maximum absolute atomic E-state index is 12.2. The van der Waals surface area contributed by atoms with Crippen LogP contribution in [0.3, 0.4) is 0 Å². The average Bonchev–Trinajstić information content (AvgIpc) is 3.09. The molecule has 10 heteroatoms. The Morgan fingerprint density at radius 3 is 2.73 bits per heavy atom. The van der Waals surface area contributed by atoms with Crippen molar-refractivity contribution < 1.29 is 14.3 Å². The van der Waals surface area contributed by atoms with Gasteiger partial charge < -0.3 is 9.64 Å². The van der Waals surface area contributed by atoms with Gasteiger partial charge in [-0.3, -0.25) is 19.8 Å². The number of rotatable bonds is 6. The summed E-state index contributed by atoms with van der Waals surface area (Å²) in [7, 11) is 1.32. The Bertz CT molecular complexity index is 745. The highest BCUT2D eigenvalue weighted by atomic mass is 32.1. The van der Waals surface area contributed by atoms with Gasteiger partial charge in [0.2, 0.25) is 11.0 Å². The first-order valence-corrected chi connectivity index (χ1v) is 9.03. The molecule has 1 aliphatic heterocycles. The van der Waals surface area contributed by atoms with Crippen LogP contribution in [0.5, 0.6) is 0 Å². The Balaban J connectivity index is 1.44. The van der Waals surface area contributed by atoms with E-state index in [1.165, 1.54) is 18.4 Å². The molecular formula is C16H20N6O3S. The Morgan fingerprint density at radius 1 is 1.23 bits per heavy atom. The molecule has 0 saturated carbocycles. The molecule has 1 N–H and O–H groups in total. The second-order valence-corrected chi connectivity index (χ2v) is 6.82. The van der Waals surface area contributed by atoms with Crippen molar-refractivity contribution in [2.45, 2.75) is 6.42 Å². The largest absolute Gasteiger partial charge is 0.469 e. The maximum atomic E-state index is 12.2. The zero-order chi connectivity index (χ0) is 18.4. The van der Waals surface area contributed by atoms with Crippen molar-refractivity contribution in [1.29, 1.82) is 0 Å². The molecule has 3 rings (SSSR count). The minimum atomic E-state index is -0.384. The van der Waals surface area contributed by atoms with E-state index in [2.05, 4.69) is 35.0 Å². The van der Waals surface area contributed by atoms with Crippen LogP contribution in [0.15, 0.2) is 24.4 Å². The third-order valence-corrected chi connectivity index (χ3v) is 4.79. The SMILES string of the molecule is COC(=O)Cc1nnc(NC(=O)CN2CCN(c3ccccn3)CC2)s1. The zero-order valence-electron chi connectivity index (χ0n) is 14.4. The molecular weight excluding hydrogens is 356 g/mol. The smallest absolute Gasteiger partial charge is 0.312 e. The lowest BCUT2D eigenvalue weighted by atomic mass is 10.3. The van der Waals surface area contributed by atoms with Crippen LogP contribution in [0.4, 0.5) is 10.9 Å². The van der Waals surface area contributed by atoms with Gasteiger partial charge in [0.15, 0.2) is 0 Å². The molecule has 0 radical (unpaired) electrons. The van der Waals surface area contributed by atoms with E-state index >= 15 is 0 Å². The summed E-state index contributed by atoms with van der Waals surface area (Å²) < 4.78 is 4.58. The molecule has 1 fully saturated rings. The molecule has 0 spiro atoms. The molecule has 0 bridgehead atoms. The van der Waals surface area contributed by atoms with Crippen molar-refractivity contribution in [2.24, 2.45) is 0 Å². The average molecular weight is 376 g/mol. The van der Waals surface area contributed by atoms with Gasteiger partial charge >= 0.3 is 5.97 Å². The minimum Gasteiger partial charge on any atom is -0.469 e. The number of nitrogens with zero attached hydrogens (tertiary/aromatic N) is 5. The van der Waals surface area contributed by atoms with Crippen LogP contribution in [0, 0.1) is 0 Å². The number of anilines is 2. The monoisotopic (exact) mass is 376 g/mol. The number of esters is 1. The van der Waals surface area contributed by atoms with Crippen molar-refractivity contribution in [2.75, 3.05) is 50.1 Å². The molecule has 0 unspecified atom stereocenters. The van der Waals surface area contributed by atoms with Gasteiger partial charge in [-0.25, -0.2) is 4.98 Å². The van der Waals surface area contributed by atoms with Crippen molar-refractivity contribution in [3.8, 4) is 0 Å². The number of nitrogens with one attached hydrogen (secondary N) is 1. The summed E-state index contributed by atoms with van der Waals surface area (Å²) in [5.41, 5.74) is 0. The van der Waals surface area contributed by atoms with Crippen LogP contribution >= 0.6 is 11.3 Å². The number of carbonyl (C=O) groups is 2. The molecule has 2 aromatic heterocycles. The van der Waals surface area contributed by atoms with Gasteiger partial charge in [0, 0.05) is 32.4 Å². The number of aromatic nitrogens is 3. The standard InChI is InChI=1S/C16H20N6O3S/c1-25-15(24)10-14-19-20-16(26-14)18-13(23)11-21-6-8-22(9-7-21)12-4-2-3-5-17-12/h2-5H,6-11H2,1H3,(H,18,20,23). The summed E-state index contributed by atoms with van der Waals surface area (Å²) in [6, 6.07) is 5.86. The topological polar surface area (TPSA) is 101 Å². The minimum absolute atomic E-state index is 0.0551. The van der Waals surface area contributed by atoms with Crippen LogP contribution in [-0.4, -0.2) is 71.8 Å². The van der Waals surface area contributed by atoms with Crippen molar-refractivity contribution in [3.63, 3.8) is 0 Å². The summed E-state index contributed by atoms with van der Waals surface area (Å²) in [5, 5.41) is 11.4. The van der Waals surface area contributed by atoms with E-state index < -0.39 is 0 Å². The van der Waals surface area contributed by atoms with Crippen LogP contribution < -0.4 is 10.2 Å². The molecule has 1 amide bonds. The second kappa shape index (κ2) is 8.68. The van der Waals surface area contributed by atoms with Gasteiger partial charge in [-0.2, -0.15) is 0 Å². The molecule has 0 aliphatic carbocycles. The van der Waals surface area contributed by atoms with Crippen LogP contribution in [-0.2, 0) is 20.7 Å². The first-order valence-electron chi connectivity index (χ1n) is 8.21. The Kier molecular flexibility index (Phi) is 6.08. The number of methoxy groups -OCH3 is 1. The van der Waals surface area contributed by atoms with E-state index in [1.54, 1.807) is 6.20 Å². The fourth-order valence-electron chi connectivity index (χ4n) is 2.61. The Hall–Kier alpha value is -2.59. The lowest BCUT2D eigenvalue weighted by Gasteiger charge is -2.34. The third kappa shape index (κ3) is 4.96. The van der Waals surface area contributed by atoms with Crippen LogP contribution in [0.2, 0.25) is 0 Å². The molecule has 3 heterocycles.